The number of piperidine rings is 1. The molecular formula is C19H22FN5O2S. The Kier molecular flexibility index (Phi) is 5.34. The second-order valence-electron chi connectivity index (χ2n) is 7.18. The van der Waals surface area contributed by atoms with Gasteiger partial charge in [-0.3, -0.25) is 14.2 Å². The van der Waals surface area contributed by atoms with E-state index >= 15 is 0 Å². The Morgan fingerprint density at radius 2 is 1.96 bits per heavy atom. The molecule has 1 aromatic carbocycles. The van der Waals surface area contributed by atoms with Gasteiger partial charge < -0.3 is 10.6 Å². The van der Waals surface area contributed by atoms with Gasteiger partial charge >= 0.3 is 0 Å². The SMILES string of the molecule is NC(=O)[C@@H]1CCCCN1C(=O)CSc1nnc(-c2ccccc2F)n1C1CC1. The number of carbonyl (C=O) groups is 2. The molecule has 1 aliphatic carbocycles. The van der Waals surface area contributed by atoms with Crippen LogP contribution < -0.4 is 5.73 Å². The van der Waals surface area contributed by atoms with Crippen molar-refractivity contribution in [2.24, 2.45) is 5.73 Å². The molecule has 2 aliphatic rings. The van der Waals surface area contributed by atoms with Crippen molar-refractivity contribution in [3.63, 3.8) is 0 Å². The zero-order valence-electron chi connectivity index (χ0n) is 15.4. The van der Waals surface area contributed by atoms with Gasteiger partial charge in [0.05, 0.1) is 11.3 Å². The van der Waals surface area contributed by atoms with Crippen molar-refractivity contribution in [1.82, 2.24) is 19.7 Å². The van der Waals surface area contributed by atoms with Gasteiger partial charge in [0, 0.05) is 12.6 Å². The van der Waals surface area contributed by atoms with E-state index in [2.05, 4.69) is 10.2 Å². The first-order chi connectivity index (χ1) is 13.6. The molecule has 2 fully saturated rings. The molecule has 2 aromatic rings. The predicted octanol–water partition coefficient (Wildman–Crippen LogP) is 2.38. The van der Waals surface area contributed by atoms with Crippen LogP contribution in [0.4, 0.5) is 4.39 Å². The minimum atomic E-state index is -0.530. The molecule has 0 unspecified atom stereocenters. The molecule has 4 rings (SSSR count). The fourth-order valence-electron chi connectivity index (χ4n) is 3.60. The topological polar surface area (TPSA) is 94.1 Å². The number of aromatic nitrogens is 3. The van der Waals surface area contributed by atoms with Crippen molar-refractivity contribution in [3.05, 3.63) is 30.1 Å². The van der Waals surface area contributed by atoms with Crippen LogP contribution in [-0.4, -0.2) is 49.8 Å². The van der Waals surface area contributed by atoms with Gasteiger partial charge in [-0.05, 0) is 44.2 Å². The van der Waals surface area contributed by atoms with Gasteiger partial charge in [0.2, 0.25) is 11.8 Å². The summed E-state index contributed by atoms with van der Waals surface area (Å²) in [5.74, 6) is -0.302. The van der Waals surface area contributed by atoms with Crippen molar-refractivity contribution in [2.75, 3.05) is 12.3 Å². The predicted molar refractivity (Wildman–Crippen MR) is 103 cm³/mol. The van der Waals surface area contributed by atoms with Crippen molar-refractivity contribution in [2.45, 2.75) is 49.3 Å². The van der Waals surface area contributed by atoms with Crippen molar-refractivity contribution in [3.8, 4) is 11.4 Å². The lowest BCUT2D eigenvalue weighted by molar-refractivity contribution is -0.138. The fourth-order valence-corrected chi connectivity index (χ4v) is 4.49. The maximum absolute atomic E-state index is 14.2. The number of benzene rings is 1. The standard InChI is InChI=1S/C19H22FN5O2S/c20-14-6-2-1-5-13(14)18-22-23-19(25(18)12-8-9-12)28-11-16(26)24-10-4-3-7-15(24)17(21)27/h1-2,5-6,12,15H,3-4,7-11H2,(H2,21,27)/t15-/m0/s1. The normalized spacial score (nSPS) is 19.6. The Balaban J connectivity index is 1.52. The van der Waals surface area contributed by atoms with Gasteiger partial charge in [0.1, 0.15) is 11.9 Å². The lowest BCUT2D eigenvalue weighted by Crippen LogP contribution is -2.51. The number of thioether (sulfide) groups is 1. The molecule has 148 valence electrons. The van der Waals surface area contributed by atoms with Crippen molar-refractivity contribution < 1.29 is 14.0 Å². The minimum Gasteiger partial charge on any atom is -0.368 e. The van der Waals surface area contributed by atoms with Crippen LogP contribution in [0.1, 0.15) is 38.1 Å². The number of carbonyl (C=O) groups excluding carboxylic acids is 2. The summed E-state index contributed by atoms with van der Waals surface area (Å²) >= 11 is 1.28. The number of nitrogens with two attached hydrogens (primary N) is 1. The van der Waals surface area contributed by atoms with Crippen LogP contribution in [0.5, 0.6) is 0 Å². The number of amides is 2. The number of nitrogens with zero attached hydrogens (tertiary/aromatic N) is 4. The smallest absolute Gasteiger partial charge is 0.240 e. The van der Waals surface area contributed by atoms with E-state index in [-0.39, 0.29) is 23.5 Å². The van der Waals surface area contributed by atoms with Crippen LogP contribution in [0, 0.1) is 5.82 Å². The third kappa shape index (κ3) is 3.76. The molecule has 2 N–H and O–H groups in total. The molecule has 1 atom stereocenters. The zero-order valence-corrected chi connectivity index (χ0v) is 16.2. The van der Waals surface area contributed by atoms with Crippen LogP contribution in [-0.2, 0) is 9.59 Å². The molecular weight excluding hydrogens is 381 g/mol. The fraction of sp³-hybridized carbons (Fsp3) is 0.474. The van der Waals surface area contributed by atoms with E-state index in [0.717, 1.165) is 25.7 Å². The number of hydrogen-bond acceptors (Lipinski definition) is 5. The lowest BCUT2D eigenvalue weighted by Gasteiger charge is -2.33. The lowest BCUT2D eigenvalue weighted by atomic mass is 10.0. The number of primary amides is 1. The molecule has 28 heavy (non-hydrogen) atoms. The number of hydrogen-bond donors (Lipinski definition) is 1. The van der Waals surface area contributed by atoms with Crippen LogP contribution >= 0.6 is 11.8 Å². The molecule has 9 heteroatoms. The molecule has 1 aliphatic heterocycles. The molecule has 0 bridgehead atoms. The van der Waals surface area contributed by atoms with E-state index in [1.54, 1.807) is 23.1 Å². The Labute approximate surface area is 166 Å². The summed E-state index contributed by atoms with van der Waals surface area (Å²) in [7, 11) is 0. The van der Waals surface area contributed by atoms with E-state index in [0.29, 0.717) is 29.5 Å². The number of rotatable bonds is 6. The highest BCUT2D eigenvalue weighted by Gasteiger charge is 2.33. The zero-order chi connectivity index (χ0) is 19.7. The van der Waals surface area contributed by atoms with Gasteiger partial charge in [0.25, 0.3) is 0 Å². The quantitative estimate of drug-likeness (QED) is 0.748. The molecule has 1 saturated heterocycles. The molecule has 2 heterocycles. The number of halogens is 1. The highest BCUT2D eigenvalue weighted by atomic mass is 32.2. The second-order valence-corrected chi connectivity index (χ2v) is 8.12. The maximum Gasteiger partial charge on any atom is 0.240 e. The van der Waals surface area contributed by atoms with Crippen LogP contribution in [0.15, 0.2) is 29.4 Å². The molecule has 0 radical (unpaired) electrons. The van der Waals surface area contributed by atoms with Crippen LogP contribution in [0.25, 0.3) is 11.4 Å². The first-order valence-electron chi connectivity index (χ1n) is 9.47. The average molecular weight is 403 g/mol. The van der Waals surface area contributed by atoms with Crippen LogP contribution in [0.3, 0.4) is 0 Å². The van der Waals surface area contributed by atoms with Gasteiger partial charge in [-0.15, -0.1) is 10.2 Å². The Morgan fingerprint density at radius 3 is 2.68 bits per heavy atom. The Bertz CT molecular complexity index is 898. The first kappa shape index (κ1) is 18.9. The van der Waals surface area contributed by atoms with Gasteiger partial charge in [-0.25, -0.2) is 4.39 Å². The third-order valence-corrected chi connectivity index (χ3v) is 6.10. The molecule has 0 spiro atoms. The van der Waals surface area contributed by atoms with E-state index in [1.165, 1.54) is 17.8 Å². The summed E-state index contributed by atoms with van der Waals surface area (Å²) in [5.41, 5.74) is 5.86. The Morgan fingerprint density at radius 1 is 1.18 bits per heavy atom. The van der Waals surface area contributed by atoms with E-state index in [4.69, 9.17) is 5.73 Å². The third-order valence-electron chi connectivity index (χ3n) is 5.17. The highest BCUT2D eigenvalue weighted by molar-refractivity contribution is 7.99. The molecule has 1 aromatic heterocycles. The van der Waals surface area contributed by atoms with Crippen molar-refractivity contribution >= 4 is 23.6 Å². The van der Waals surface area contributed by atoms with Crippen LogP contribution in [0.2, 0.25) is 0 Å². The monoisotopic (exact) mass is 403 g/mol. The van der Waals surface area contributed by atoms with Gasteiger partial charge in [-0.1, -0.05) is 23.9 Å². The first-order valence-corrected chi connectivity index (χ1v) is 10.5. The summed E-state index contributed by atoms with van der Waals surface area (Å²) in [5, 5.41) is 9.01. The van der Waals surface area contributed by atoms with E-state index < -0.39 is 11.9 Å². The average Bonchev–Trinajstić information content (AvgIpc) is 3.46. The van der Waals surface area contributed by atoms with Gasteiger partial charge in [0.15, 0.2) is 11.0 Å². The van der Waals surface area contributed by atoms with Gasteiger partial charge in [-0.2, -0.15) is 0 Å². The molecule has 7 nitrogen and oxygen atoms in total. The largest absolute Gasteiger partial charge is 0.368 e. The summed E-state index contributed by atoms with van der Waals surface area (Å²) in [4.78, 5) is 25.9. The summed E-state index contributed by atoms with van der Waals surface area (Å²) < 4.78 is 16.2. The highest BCUT2D eigenvalue weighted by Crippen LogP contribution is 2.41. The number of likely N-dealkylation sites (tertiary alicyclic amines) is 1. The summed E-state index contributed by atoms with van der Waals surface area (Å²) in [6.07, 6.45) is 4.34. The van der Waals surface area contributed by atoms with E-state index in [1.807, 2.05) is 4.57 Å². The summed E-state index contributed by atoms with van der Waals surface area (Å²) in [6.45, 7) is 0.544. The maximum atomic E-state index is 14.2. The summed E-state index contributed by atoms with van der Waals surface area (Å²) in [6, 6.07) is 6.19. The molecule has 2 amide bonds. The Hall–Kier alpha value is -2.42. The van der Waals surface area contributed by atoms with Crippen molar-refractivity contribution in [1.29, 1.82) is 0 Å². The minimum absolute atomic E-state index is 0.133. The molecule has 1 saturated carbocycles. The van der Waals surface area contributed by atoms with E-state index in [9.17, 15) is 14.0 Å². The second kappa shape index (κ2) is 7.90.